The molecule has 1 aromatic carbocycles. The third-order valence-corrected chi connectivity index (χ3v) is 3.92. The number of hydrogen-bond acceptors (Lipinski definition) is 7. The van der Waals surface area contributed by atoms with Crippen LogP contribution in [0.3, 0.4) is 0 Å². The number of carbonyl (C=O) groups excluding carboxylic acids is 2. The summed E-state index contributed by atoms with van der Waals surface area (Å²) in [7, 11) is 5.85. The summed E-state index contributed by atoms with van der Waals surface area (Å²) >= 11 is 0. The Morgan fingerprint density at radius 1 is 0.920 bits per heavy atom. The molecule has 25 heavy (non-hydrogen) atoms. The predicted octanol–water partition coefficient (Wildman–Crippen LogP) is 2.13. The minimum Gasteiger partial charge on any atom is -0.497 e. The zero-order valence-electron chi connectivity index (χ0n) is 15.7. The molecular formula is C18H27NO6. The van der Waals surface area contributed by atoms with Crippen LogP contribution in [0.4, 0.5) is 5.69 Å². The van der Waals surface area contributed by atoms with Gasteiger partial charge in [0.1, 0.15) is 11.5 Å². The highest BCUT2D eigenvalue weighted by molar-refractivity contribution is 5.75. The lowest BCUT2D eigenvalue weighted by Gasteiger charge is -2.30. The van der Waals surface area contributed by atoms with Gasteiger partial charge in [-0.25, -0.2) is 0 Å². The van der Waals surface area contributed by atoms with Gasteiger partial charge in [-0.05, 0) is 12.1 Å². The summed E-state index contributed by atoms with van der Waals surface area (Å²) in [6.07, 6.45) is 0. The maximum absolute atomic E-state index is 11.8. The van der Waals surface area contributed by atoms with Gasteiger partial charge in [0, 0.05) is 19.2 Å². The standard InChI is InChI=1S/C18H27NO6/c1-12(17(20)24-5)10-19(11-13(2)18(21)25-6)15-9-14(22-3)7-8-16(15)23-4/h7-9,12-13H,10-11H2,1-6H3. The van der Waals surface area contributed by atoms with Crippen LogP contribution < -0.4 is 14.4 Å². The van der Waals surface area contributed by atoms with Crippen molar-refractivity contribution >= 4 is 17.6 Å². The fourth-order valence-electron chi connectivity index (χ4n) is 2.53. The third-order valence-electron chi connectivity index (χ3n) is 3.92. The van der Waals surface area contributed by atoms with E-state index in [9.17, 15) is 9.59 Å². The smallest absolute Gasteiger partial charge is 0.310 e. The van der Waals surface area contributed by atoms with Crippen LogP contribution in [0.5, 0.6) is 11.5 Å². The number of benzene rings is 1. The van der Waals surface area contributed by atoms with Crippen LogP contribution in [-0.4, -0.2) is 53.5 Å². The second-order valence-corrected chi connectivity index (χ2v) is 5.79. The van der Waals surface area contributed by atoms with Crippen molar-refractivity contribution in [3.05, 3.63) is 18.2 Å². The fraction of sp³-hybridized carbons (Fsp3) is 0.556. The Morgan fingerprint density at radius 3 is 1.84 bits per heavy atom. The van der Waals surface area contributed by atoms with E-state index in [1.165, 1.54) is 14.2 Å². The van der Waals surface area contributed by atoms with E-state index < -0.39 is 0 Å². The predicted molar refractivity (Wildman–Crippen MR) is 94.1 cm³/mol. The quantitative estimate of drug-likeness (QED) is 0.630. The first-order chi connectivity index (χ1) is 11.9. The molecule has 1 rings (SSSR count). The average molecular weight is 353 g/mol. The molecule has 0 radical (unpaired) electrons. The number of methoxy groups -OCH3 is 4. The van der Waals surface area contributed by atoms with E-state index in [4.69, 9.17) is 18.9 Å². The van der Waals surface area contributed by atoms with Gasteiger partial charge in [0.25, 0.3) is 0 Å². The molecule has 0 aliphatic heterocycles. The van der Waals surface area contributed by atoms with E-state index in [-0.39, 0.29) is 23.8 Å². The maximum atomic E-state index is 11.8. The molecular weight excluding hydrogens is 326 g/mol. The summed E-state index contributed by atoms with van der Waals surface area (Å²) in [6.45, 7) is 4.26. The zero-order chi connectivity index (χ0) is 19.0. The molecule has 0 N–H and O–H groups in total. The van der Waals surface area contributed by atoms with Crippen molar-refractivity contribution in [2.24, 2.45) is 11.8 Å². The molecule has 0 spiro atoms. The number of ether oxygens (including phenoxy) is 4. The molecule has 0 fully saturated rings. The molecule has 140 valence electrons. The maximum Gasteiger partial charge on any atom is 0.310 e. The molecule has 0 heterocycles. The molecule has 2 unspecified atom stereocenters. The number of esters is 2. The van der Waals surface area contributed by atoms with Crippen molar-refractivity contribution in [2.75, 3.05) is 46.4 Å². The van der Waals surface area contributed by atoms with Gasteiger partial charge in [-0.15, -0.1) is 0 Å². The highest BCUT2D eigenvalue weighted by Gasteiger charge is 2.25. The molecule has 0 aromatic heterocycles. The SMILES string of the molecule is COC(=O)C(C)CN(CC(C)C(=O)OC)c1cc(OC)ccc1OC. The van der Waals surface area contributed by atoms with Gasteiger partial charge in [-0.3, -0.25) is 9.59 Å². The normalized spacial score (nSPS) is 12.7. The van der Waals surface area contributed by atoms with E-state index in [1.54, 1.807) is 40.2 Å². The fourth-order valence-corrected chi connectivity index (χ4v) is 2.53. The summed E-state index contributed by atoms with van der Waals surface area (Å²) in [4.78, 5) is 25.6. The molecule has 0 aliphatic rings. The minimum absolute atomic E-state index is 0.322. The van der Waals surface area contributed by atoms with Gasteiger partial charge >= 0.3 is 11.9 Å². The van der Waals surface area contributed by atoms with Crippen molar-refractivity contribution in [1.29, 1.82) is 0 Å². The van der Waals surface area contributed by atoms with Crippen LogP contribution >= 0.6 is 0 Å². The summed E-state index contributed by atoms with van der Waals surface area (Å²) in [5.41, 5.74) is 0.730. The first-order valence-electron chi connectivity index (χ1n) is 8.00. The average Bonchev–Trinajstić information content (AvgIpc) is 2.64. The van der Waals surface area contributed by atoms with Crippen LogP contribution in [0.15, 0.2) is 18.2 Å². The Labute approximate surface area is 148 Å². The molecule has 0 saturated heterocycles. The molecule has 0 bridgehead atoms. The number of anilines is 1. The minimum atomic E-state index is -0.384. The van der Waals surface area contributed by atoms with Gasteiger partial charge in [-0.1, -0.05) is 13.8 Å². The van der Waals surface area contributed by atoms with E-state index >= 15 is 0 Å². The van der Waals surface area contributed by atoms with E-state index in [1.807, 2.05) is 11.0 Å². The van der Waals surface area contributed by atoms with Gasteiger partial charge in [0.2, 0.25) is 0 Å². The molecule has 7 nitrogen and oxygen atoms in total. The Kier molecular flexibility index (Phi) is 8.04. The summed E-state index contributed by atoms with van der Waals surface area (Å²) < 4.78 is 20.3. The van der Waals surface area contributed by atoms with Crippen molar-refractivity contribution in [3.8, 4) is 11.5 Å². The summed E-state index contributed by atoms with van der Waals surface area (Å²) in [5, 5.41) is 0. The monoisotopic (exact) mass is 353 g/mol. The molecule has 2 atom stereocenters. The number of hydrogen-bond donors (Lipinski definition) is 0. The molecule has 0 aliphatic carbocycles. The van der Waals surface area contributed by atoms with E-state index in [0.717, 1.165) is 5.69 Å². The van der Waals surface area contributed by atoms with Crippen molar-refractivity contribution in [3.63, 3.8) is 0 Å². The first-order valence-corrected chi connectivity index (χ1v) is 8.00. The summed E-state index contributed by atoms with van der Waals surface area (Å²) in [6, 6.07) is 5.38. The van der Waals surface area contributed by atoms with Crippen LogP contribution in [0.1, 0.15) is 13.8 Å². The van der Waals surface area contributed by atoms with E-state index in [0.29, 0.717) is 24.6 Å². The largest absolute Gasteiger partial charge is 0.497 e. The lowest BCUT2D eigenvalue weighted by Crippen LogP contribution is -2.37. The Bertz CT molecular complexity index is 565. The lowest BCUT2D eigenvalue weighted by atomic mass is 10.1. The highest BCUT2D eigenvalue weighted by Crippen LogP contribution is 2.33. The summed E-state index contributed by atoms with van der Waals surface area (Å²) in [5.74, 6) is -0.140. The molecule has 7 heteroatoms. The molecule has 0 amide bonds. The van der Waals surface area contributed by atoms with Gasteiger partial charge in [0.05, 0.1) is 46.0 Å². The van der Waals surface area contributed by atoms with Gasteiger partial charge < -0.3 is 23.8 Å². The van der Waals surface area contributed by atoms with Gasteiger partial charge in [-0.2, -0.15) is 0 Å². The van der Waals surface area contributed by atoms with Crippen LogP contribution in [-0.2, 0) is 19.1 Å². The Balaban J connectivity index is 3.20. The van der Waals surface area contributed by atoms with Crippen molar-refractivity contribution < 1.29 is 28.5 Å². The van der Waals surface area contributed by atoms with Crippen molar-refractivity contribution in [2.45, 2.75) is 13.8 Å². The third kappa shape index (κ3) is 5.55. The molecule has 0 saturated carbocycles. The number of rotatable bonds is 9. The zero-order valence-corrected chi connectivity index (χ0v) is 15.7. The number of nitrogens with zero attached hydrogens (tertiary/aromatic N) is 1. The second kappa shape index (κ2) is 9.76. The second-order valence-electron chi connectivity index (χ2n) is 5.79. The van der Waals surface area contributed by atoms with Crippen LogP contribution in [0.2, 0.25) is 0 Å². The van der Waals surface area contributed by atoms with Crippen LogP contribution in [0, 0.1) is 11.8 Å². The highest BCUT2D eigenvalue weighted by atomic mass is 16.5. The number of carbonyl (C=O) groups is 2. The van der Waals surface area contributed by atoms with E-state index in [2.05, 4.69) is 0 Å². The van der Waals surface area contributed by atoms with Gasteiger partial charge in [0.15, 0.2) is 0 Å². The molecule has 1 aromatic rings. The Morgan fingerprint density at radius 2 is 1.44 bits per heavy atom. The topological polar surface area (TPSA) is 74.3 Å². The van der Waals surface area contributed by atoms with Crippen LogP contribution in [0.25, 0.3) is 0 Å². The van der Waals surface area contributed by atoms with Crippen molar-refractivity contribution in [1.82, 2.24) is 0 Å². The Hall–Kier alpha value is -2.44. The lowest BCUT2D eigenvalue weighted by molar-refractivity contribution is -0.144. The first kappa shape index (κ1) is 20.6.